The van der Waals surface area contributed by atoms with E-state index in [9.17, 15) is 8.42 Å². The highest BCUT2D eigenvalue weighted by molar-refractivity contribution is 7.99. The van der Waals surface area contributed by atoms with E-state index >= 15 is 0 Å². The molecule has 9 heteroatoms. The van der Waals surface area contributed by atoms with E-state index in [4.69, 9.17) is 9.88 Å². The van der Waals surface area contributed by atoms with E-state index in [1.165, 1.54) is 6.07 Å². The smallest absolute Gasteiger partial charge is 0.238 e. The Bertz CT molecular complexity index is 813. The first-order valence-corrected chi connectivity index (χ1v) is 10.5. The van der Waals surface area contributed by atoms with E-state index in [0.29, 0.717) is 5.52 Å². The fraction of sp³-hybridized carbons (Fsp3) is 0.533. The number of primary sulfonamides is 1. The van der Waals surface area contributed by atoms with E-state index in [0.717, 1.165) is 55.8 Å². The third-order valence-corrected chi connectivity index (χ3v) is 5.94. The van der Waals surface area contributed by atoms with Gasteiger partial charge in [0.25, 0.3) is 0 Å². The van der Waals surface area contributed by atoms with Gasteiger partial charge in [0.05, 0.1) is 29.1 Å². The van der Waals surface area contributed by atoms with Gasteiger partial charge in [0, 0.05) is 31.9 Å². The van der Waals surface area contributed by atoms with E-state index in [1.54, 1.807) is 23.9 Å². The number of morpholine rings is 1. The largest absolute Gasteiger partial charge is 0.379 e. The van der Waals surface area contributed by atoms with E-state index in [2.05, 4.69) is 21.4 Å². The molecule has 132 valence electrons. The van der Waals surface area contributed by atoms with Gasteiger partial charge in [-0.2, -0.15) is 0 Å². The minimum Gasteiger partial charge on any atom is -0.379 e. The second kappa shape index (κ2) is 7.40. The zero-order valence-electron chi connectivity index (χ0n) is 13.6. The number of benzene rings is 1. The average Bonchev–Trinajstić information content (AvgIpc) is 2.91. The zero-order chi connectivity index (χ0) is 17.2. The molecule has 1 aromatic heterocycles. The zero-order valence-corrected chi connectivity index (χ0v) is 15.3. The maximum atomic E-state index is 11.5. The lowest BCUT2D eigenvalue weighted by Gasteiger charge is -2.26. The quantitative estimate of drug-likeness (QED) is 0.767. The number of aryl methyl sites for hydroxylation is 1. The summed E-state index contributed by atoms with van der Waals surface area (Å²) in [5.41, 5.74) is 1.59. The maximum Gasteiger partial charge on any atom is 0.238 e. The first-order valence-electron chi connectivity index (χ1n) is 7.95. The highest BCUT2D eigenvalue weighted by atomic mass is 32.2. The molecule has 1 aromatic carbocycles. The van der Waals surface area contributed by atoms with E-state index in [-0.39, 0.29) is 4.90 Å². The summed E-state index contributed by atoms with van der Waals surface area (Å²) in [5, 5.41) is 6.11. The van der Waals surface area contributed by atoms with Crippen LogP contribution in [0.5, 0.6) is 0 Å². The maximum absolute atomic E-state index is 11.5. The van der Waals surface area contributed by atoms with Gasteiger partial charge in [-0.15, -0.1) is 0 Å². The lowest BCUT2D eigenvalue weighted by atomic mass is 10.3. The fourth-order valence-electron chi connectivity index (χ4n) is 2.77. The molecule has 0 amide bonds. The van der Waals surface area contributed by atoms with Crippen LogP contribution in [0.2, 0.25) is 0 Å². The highest BCUT2D eigenvalue weighted by Gasteiger charge is 2.15. The Morgan fingerprint density at radius 3 is 2.75 bits per heavy atom. The number of ether oxygens (including phenoxy) is 1. The number of rotatable bonds is 6. The minimum absolute atomic E-state index is 0.0978. The lowest BCUT2D eigenvalue weighted by molar-refractivity contribution is 0.0410. The van der Waals surface area contributed by atoms with Crippen LogP contribution in [0.25, 0.3) is 11.0 Å². The molecule has 0 bridgehead atoms. The van der Waals surface area contributed by atoms with Crippen LogP contribution in [-0.4, -0.2) is 61.5 Å². The minimum atomic E-state index is -3.71. The van der Waals surface area contributed by atoms with Gasteiger partial charge in [-0.1, -0.05) is 11.8 Å². The van der Waals surface area contributed by atoms with Crippen LogP contribution in [0.1, 0.15) is 6.92 Å². The fourth-order valence-corrected chi connectivity index (χ4v) is 4.38. The lowest BCUT2D eigenvalue weighted by Crippen LogP contribution is -2.37. The molecule has 0 unspecified atom stereocenters. The van der Waals surface area contributed by atoms with Gasteiger partial charge >= 0.3 is 0 Å². The van der Waals surface area contributed by atoms with Crippen molar-refractivity contribution in [1.29, 1.82) is 0 Å². The Hall–Kier alpha value is -1.13. The second-order valence-electron chi connectivity index (χ2n) is 5.64. The number of sulfonamides is 1. The van der Waals surface area contributed by atoms with Gasteiger partial charge in [-0.25, -0.2) is 18.5 Å². The molecule has 1 aliphatic rings. The van der Waals surface area contributed by atoms with Gasteiger partial charge < -0.3 is 9.30 Å². The van der Waals surface area contributed by atoms with Crippen LogP contribution in [-0.2, 0) is 21.3 Å². The number of nitrogens with two attached hydrogens (primary N) is 1. The normalized spacial score (nSPS) is 16.8. The Labute approximate surface area is 146 Å². The summed E-state index contributed by atoms with van der Waals surface area (Å²) in [7, 11) is -3.71. The van der Waals surface area contributed by atoms with Crippen LogP contribution in [0.4, 0.5) is 0 Å². The number of hydrogen-bond donors (Lipinski definition) is 1. The highest BCUT2D eigenvalue weighted by Crippen LogP contribution is 2.26. The molecule has 0 saturated carbocycles. The number of fused-ring (bicyclic) bond motifs is 1. The summed E-state index contributed by atoms with van der Waals surface area (Å²) in [4.78, 5) is 7.08. The molecule has 2 aromatic rings. The molecule has 1 aliphatic heterocycles. The van der Waals surface area contributed by atoms with Crippen molar-refractivity contribution in [2.75, 3.05) is 38.6 Å². The van der Waals surface area contributed by atoms with Gasteiger partial charge in [-0.05, 0) is 25.1 Å². The van der Waals surface area contributed by atoms with Crippen molar-refractivity contribution in [1.82, 2.24) is 14.5 Å². The van der Waals surface area contributed by atoms with Gasteiger partial charge in [0.2, 0.25) is 10.0 Å². The topological polar surface area (TPSA) is 90.4 Å². The van der Waals surface area contributed by atoms with Crippen molar-refractivity contribution in [2.45, 2.75) is 23.5 Å². The summed E-state index contributed by atoms with van der Waals surface area (Å²) in [5.74, 6) is 0.936. The van der Waals surface area contributed by atoms with Crippen molar-refractivity contribution >= 4 is 32.8 Å². The summed E-state index contributed by atoms with van der Waals surface area (Å²) < 4.78 is 30.5. The van der Waals surface area contributed by atoms with Gasteiger partial charge in [0.1, 0.15) is 0 Å². The molecule has 1 fully saturated rings. The second-order valence-corrected chi connectivity index (χ2v) is 8.26. The number of imidazole rings is 1. The molecule has 0 aliphatic carbocycles. The molecule has 0 atom stereocenters. The molecular weight excluding hydrogens is 348 g/mol. The van der Waals surface area contributed by atoms with Crippen LogP contribution in [0.3, 0.4) is 0 Å². The summed E-state index contributed by atoms with van der Waals surface area (Å²) in [6.45, 7) is 7.38. The SMILES string of the molecule is CCn1c(SCCN2CCOCC2)nc2cc(S(N)(=O)=O)ccc21. The third kappa shape index (κ3) is 3.92. The number of nitrogens with zero attached hydrogens (tertiary/aromatic N) is 3. The van der Waals surface area contributed by atoms with Gasteiger partial charge in [0.15, 0.2) is 5.16 Å². The molecule has 0 radical (unpaired) electrons. The molecule has 2 heterocycles. The monoisotopic (exact) mass is 370 g/mol. The number of hydrogen-bond acceptors (Lipinski definition) is 6. The molecule has 24 heavy (non-hydrogen) atoms. The molecule has 2 N–H and O–H groups in total. The first kappa shape index (κ1) is 17.7. The Kier molecular flexibility index (Phi) is 5.46. The van der Waals surface area contributed by atoms with E-state index < -0.39 is 10.0 Å². The van der Waals surface area contributed by atoms with Crippen molar-refractivity contribution < 1.29 is 13.2 Å². The molecule has 3 rings (SSSR count). The van der Waals surface area contributed by atoms with E-state index in [1.807, 2.05) is 0 Å². The summed E-state index contributed by atoms with van der Waals surface area (Å²) in [6.07, 6.45) is 0. The van der Waals surface area contributed by atoms with Crippen LogP contribution < -0.4 is 5.14 Å². The Morgan fingerprint density at radius 1 is 1.33 bits per heavy atom. The van der Waals surface area contributed by atoms with Gasteiger partial charge in [-0.3, -0.25) is 4.90 Å². The van der Waals surface area contributed by atoms with Crippen molar-refractivity contribution in [3.05, 3.63) is 18.2 Å². The standard InChI is InChI=1S/C15H22N4O3S2/c1-2-19-14-4-3-12(24(16,20)21)11-13(14)17-15(19)23-10-7-18-5-8-22-9-6-18/h3-4,11H,2,5-10H2,1H3,(H2,16,20,21). The molecule has 7 nitrogen and oxygen atoms in total. The third-order valence-electron chi connectivity index (χ3n) is 4.07. The Balaban J connectivity index is 1.76. The van der Waals surface area contributed by atoms with Crippen molar-refractivity contribution in [3.8, 4) is 0 Å². The van der Waals surface area contributed by atoms with Crippen LogP contribution >= 0.6 is 11.8 Å². The molecule has 1 saturated heterocycles. The number of thioether (sulfide) groups is 1. The Morgan fingerprint density at radius 2 is 2.08 bits per heavy atom. The predicted octanol–water partition coefficient (Wildman–Crippen LogP) is 1.13. The number of aromatic nitrogens is 2. The molecular formula is C15H22N4O3S2. The van der Waals surface area contributed by atoms with Crippen molar-refractivity contribution in [3.63, 3.8) is 0 Å². The predicted molar refractivity (Wildman–Crippen MR) is 94.8 cm³/mol. The van der Waals surface area contributed by atoms with Crippen molar-refractivity contribution in [2.24, 2.45) is 5.14 Å². The average molecular weight is 371 g/mol. The summed E-state index contributed by atoms with van der Waals surface area (Å²) in [6, 6.07) is 4.86. The molecule has 0 spiro atoms. The van der Waals surface area contributed by atoms with Crippen LogP contribution in [0.15, 0.2) is 28.3 Å². The first-order chi connectivity index (χ1) is 11.5. The summed E-state index contributed by atoms with van der Waals surface area (Å²) >= 11 is 1.69. The van der Waals surface area contributed by atoms with Crippen LogP contribution in [0, 0.1) is 0 Å².